The number of hydrogen-bond acceptors (Lipinski definition) is 4. The highest BCUT2D eigenvalue weighted by Crippen LogP contribution is 2.38. The van der Waals surface area contributed by atoms with Crippen LogP contribution in [0.2, 0.25) is 0 Å². The third-order valence-electron chi connectivity index (χ3n) is 5.66. The molecule has 0 radical (unpaired) electrons. The lowest BCUT2D eigenvalue weighted by atomic mass is 9.84. The van der Waals surface area contributed by atoms with E-state index < -0.39 is 0 Å². The molecule has 1 aromatic carbocycles. The van der Waals surface area contributed by atoms with E-state index in [1.165, 1.54) is 0 Å². The number of ether oxygens (including phenoxy) is 2. The summed E-state index contributed by atoms with van der Waals surface area (Å²) >= 11 is 0. The highest BCUT2D eigenvalue weighted by atomic mass is 127. The van der Waals surface area contributed by atoms with Crippen molar-refractivity contribution < 1.29 is 14.3 Å². The van der Waals surface area contributed by atoms with E-state index in [2.05, 4.69) is 40.7 Å². The van der Waals surface area contributed by atoms with Crippen molar-refractivity contribution in [2.75, 3.05) is 48.0 Å². The van der Waals surface area contributed by atoms with Gasteiger partial charge in [0.15, 0.2) is 5.96 Å². The van der Waals surface area contributed by atoms with Gasteiger partial charge in [0.1, 0.15) is 5.75 Å². The van der Waals surface area contributed by atoms with Gasteiger partial charge in [-0.3, -0.25) is 9.79 Å². The third kappa shape index (κ3) is 8.14. The van der Waals surface area contributed by atoms with Gasteiger partial charge in [0, 0.05) is 59.9 Å². The van der Waals surface area contributed by atoms with Gasteiger partial charge in [-0.25, -0.2) is 0 Å². The lowest BCUT2D eigenvalue weighted by Crippen LogP contribution is -2.49. The van der Waals surface area contributed by atoms with E-state index in [9.17, 15) is 4.79 Å². The molecule has 1 aliphatic rings. The summed E-state index contributed by atoms with van der Waals surface area (Å²) in [6, 6.07) is 6.22. The Balaban J connectivity index is 0.00000480. The fourth-order valence-electron chi connectivity index (χ4n) is 3.97. The van der Waals surface area contributed by atoms with E-state index in [4.69, 9.17) is 9.47 Å². The van der Waals surface area contributed by atoms with Crippen LogP contribution in [0.3, 0.4) is 0 Å². The van der Waals surface area contributed by atoms with Gasteiger partial charge in [-0.15, -0.1) is 24.0 Å². The van der Waals surface area contributed by atoms with E-state index in [1.807, 2.05) is 14.1 Å². The van der Waals surface area contributed by atoms with E-state index in [0.29, 0.717) is 32.3 Å². The van der Waals surface area contributed by atoms with Gasteiger partial charge in [-0.05, 0) is 31.4 Å². The van der Waals surface area contributed by atoms with Crippen molar-refractivity contribution in [2.45, 2.75) is 45.6 Å². The van der Waals surface area contributed by atoms with Crippen molar-refractivity contribution in [2.24, 2.45) is 10.4 Å². The summed E-state index contributed by atoms with van der Waals surface area (Å²) in [5, 5.41) is 6.75. The molecule has 2 rings (SSSR count). The van der Waals surface area contributed by atoms with Crippen LogP contribution < -0.4 is 15.4 Å². The van der Waals surface area contributed by atoms with Crippen LogP contribution in [0.1, 0.15) is 43.2 Å². The standard InChI is InChI=1S/C23H38N4O3.HI/c1-18-9-10-19(20(15-18)30-14-8-13-29-5)16-25-22(24-2)26-17-23(11-6-7-12-23)21(28)27(3)4;/h9-10,15H,6-8,11-14,16-17H2,1-5H3,(H2,24,25,26);1H. The number of aryl methyl sites for hydroxylation is 1. The fraction of sp³-hybridized carbons (Fsp3) is 0.652. The number of guanidine groups is 1. The summed E-state index contributed by atoms with van der Waals surface area (Å²) in [6.45, 7) is 4.55. The number of nitrogens with one attached hydrogen (secondary N) is 2. The minimum absolute atomic E-state index is 0. The van der Waals surface area contributed by atoms with Crippen molar-refractivity contribution in [1.29, 1.82) is 0 Å². The zero-order valence-corrected chi connectivity index (χ0v) is 22.0. The maximum Gasteiger partial charge on any atom is 0.230 e. The Kier molecular flexibility index (Phi) is 12.2. The van der Waals surface area contributed by atoms with Gasteiger partial charge in [0.25, 0.3) is 0 Å². The Bertz CT molecular complexity index is 719. The molecule has 0 atom stereocenters. The average molecular weight is 546 g/mol. The summed E-state index contributed by atoms with van der Waals surface area (Å²) in [6.07, 6.45) is 4.89. The third-order valence-corrected chi connectivity index (χ3v) is 5.66. The first-order valence-electron chi connectivity index (χ1n) is 10.8. The molecule has 0 bridgehead atoms. The number of carbonyl (C=O) groups excluding carboxylic acids is 1. The summed E-state index contributed by atoms with van der Waals surface area (Å²) in [5.41, 5.74) is 1.90. The first-order chi connectivity index (χ1) is 14.4. The van der Waals surface area contributed by atoms with Crippen molar-refractivity contribution in [3.05, 3.63) is 29.3 Å². The first-order valence-corrected chi connectivity index (χ1v) is 10.8. The average Bonchev–Trinajstić information content (AvgIpc) is 3.22. The number of amides is 1. The minimum Gasteiger partial charge on any atom is -0.493 e. The zero-order chi connectivity index (χ0) is 22.0. The normalized spacial score (nSPS) is 15.2. The molecule has 7 nitrogen and oxygen atoms in total. The Morgan fingerprint density at radius 3 is 2.52 bits per heavy atom. The molecule has 1 amide bonds. The molecule has 1 saturated carbocycles. The number of rotatable bonds is 10. The van der Waals surface area contributed by atoms with Crippen molar-refractivity contribution >= 4 is 35.8 Å². The predicted molar refractivity (Wildman–Crippen MR) is 136 cm³/mol. The smallest absolute Gasteiger partial charge is 0.230 e. The van der Waals surface area contributed by atoms with Crippen molar-refractivity contribution in [1.82, 2.24) is 15.5 Å². The first kappa shape index (κ1) is 27.5. The molecule has 176 valence electrons. The minimum atomic E-state index is -0.333. The number of nitrogens with zero attached hydrogens (tertiary/aromatic N) is 2. The summed E-state index contributed by atoms with van der Waals surface area (Å²) in [5.74, 6) is 1.77. The van der Waals surface area contributed by atoms with Crippen LogP contribution in [-0.2, 0) is 16.1 Å². The molecule has 1 aromatic rings. The van der Waals surface area contributed by atoms with E-state index in [0.717, 1.165) is 49.0 Å². The van der Waals surface area contributed by atoms with Gasteiger partial charge in [0.05, 0.1) is 12.0 Å². The molecular weight excluding hydrogens is 507 g/mol. The molecule has 0 aliphatic heterocycles. The van der Waals surface area contributed by atoms with Crippen LogP contribution in [0.5, 0.6) is 5.75 Å². The highest BCUT2D eigenvalue weighted by molar-refractivity contribution is 14.0. The lowest BCUT2D eigenvalue weighted by molar-refractivity contribution is -0.138. The Morgan fingerprint density at radius 1 is 1.19 bits per heavy atom. The van der Waals surface area contributed by atoms with Gasteiger partial charge >= 0.3 is 0 Å². The molecule has 0 aromatic heterocycles. The van der Waals surface area contributed by atoms with Crippen LogP contribution >= 0.6 is 24.0 Å². The molecule has 0 heterocycles. The maximum absolute atomic E-state index is 12.8. The highest BCUT2D eigenvalue weighted by Gasteiger charge is 2.42. The predicted octanol–water partition coefficient (Wildman–Crippen LogP) is 3.34. The van der Waals surface area contributed by atoms with Gasteiger partial charge in [0.2, 0.25) is 5.91 Å². The van der Waals surface area contributed by atoms with Crippen LogP contribution in [-0.4, -0.2) is 64.8 Å². The van der Waals surface area contributed by atoms with Crippen LogP contribution in [0.4, 0.5) is 0 Å². The number of hydrogen-bond donors (Lipinski definition) is 2. The number of benzene rings is 1. The SMILES string of the molecule is CN=C(NCc1ccc(C)cc1OCCCOC)NCC1(C(=O)N(C)C)CCCC1.I. The number of methoxy groups -OCH3 is 1. The molecule has 2 N–H and O–H groups in total. The number of halogens is 1. The van der Waals surface area contributed by atoms with Crippen LogP contribution in [0, 0.1) is 12.3 Å². The van der Waals surface area contributed by atoms with Gasteiger partial charge < -0.3 is 25.0 Å². The second-order valence-electron chi connectivity index (χ2n) is 8.27. The number of carbonyl (C=O) groups is 1. The maximum atomic E-state index is 12.8. The molecular formula is C23H39IN4O3. The monoisotopic (exact) mass is 546 g/mol. The van der Waals surface area contributed by atoms with Crippen LogP contribution in [0.15, 0.2) is 23.2 Å². The molecule has 1 aliphatic carbocycles. The Hall–Kier alpha value is -1.55. The van der Waals surface area contributed by atoms with Gasteiger partial charge in [-0.2, -0.15) is 0 Å². The summed E-state index contributed by atoms with van der Waals surface area (Å²) in [4.78, 5) is 18.8. The lowest BCUT2D eigenvalue weighted by Gasteiger charge is -2.31. The summed E-state index contributed by atoms with van der Waals surface area (Å²) < 4.78 is 11.1. The Labute approximate surface area is 204 Å². The zero-order valence-electron chi connectivity index (χ0n) is 19.6. The second kappa shape index (κ2) is 13.8. The van der Waals surface area contributed by atoms with E-state index >= 15 is 0 Å². The van der Waals surface area contributed by atoms with Gasteiger partial charge in [-0.1, -0.05) is 25.0 Å². The largest absolute Gasteiger partial charge is 0.493 e. The Morgan fingerprint density at radius 2 is 1.90 bits per heavy atom. The number of aliphatic imine (C=N–C) groups is 1. The molecule has 0 spiro atoms. The second-order valence-corrected chi connectivity index (χ2v) is 8.27. The molecule has 8 heteroatoms. The fourth-order valence-corrected chi connectivity index (χ4v) is 3.97. The van der Waals surface area contributed by atoms with E-state index in [-0.39, 0.29) is 35.3 Å². The van der Waals surface area contributed by atoms with Crippen LogP contribution in [0.25, 0.3) is 0 Å². The molecule has 1 fully saturated rings. The van der Waals surface area contributed by atoms with E-state index in [1.54, 1.807) is 19.1 Å². The van der Waals surface area contributed by atoms with Crippen molar-refractivity contribution in [3.63, 3.8) is 0 Å². The molecule has 0 saturated heterocycles. The quantitative estimate of drug-likeness (QED) is 0.204. The summed E-state index contributed by atoms with van der Waals surface area (Å²) in [7, 11) is 7.12. The topological polar surface area (TPSA) is 75.2 Å². The molecule has 31 heavy (non-hydrogen) atoms. The van der Waals surface area contributed by atoms with Crippen molar-refractivity contribution in [3.8, 4) is 5.75 Å². The molecule has 0 unspecified atom stereocenters.